The first-order valence-electron chi connectivity index (χ1n) is 6.25. The number of alkyl halides is 3. The largest absolute Gasteiger partial charge is 0.422 e. The predicted octanol–water partition coefficient (Wildman–Crippen LogP) is 3.41. The molecule has 0 fully saturated rings. The number of carbonyl (C=O) groups excluding carboxylic acids is 1. The van der Waals surface area contributed by atoms with E-state index in [1.165, 1.54) is 17.6 Å². The molecule has 0 bridgehead atoms. The number of anilines is 1. The summed E-state index contributed by atoms with van der Waals surface area (Å²) in [5.41, 5.74) is -3.86. The fourth-order valence-electron chi connectivity index (χ4n) is 1.87. The SMILES string of the molecule is Cc1ccnn1CC(=O)Nc1c(F)c(F)c(C(F)(F)F)c(F)c1F. The third kappa shape index (κ3) is 3.19. The van der Waals surface area contributed by atoms with Crippen LogP contribution in [0.4, 0.5) is 36.4 Å². The fraction of sp³-hybridized carbons (Fsp3) is 0.231. The molecule has 130 valence electrons. The van der Waals surface area contributed by atoms with E-state index in [1.807, 2.05) is 0 Å². The zero-order valence-corrected chi connectivity index (χ0v) is 11.8. The summed E-state index contributed by atoms with van der Waals surface area (Å²) in [4.78, 5) is 11.7. The smallest absolute Gasteiger partial charge is 0.319 e. The highest BCUT2D eigenvalue weighted by Crippen LogP contribution is 2.38. The number of amides is 1. The number of carbonyl (C=O) groups is 1. The lowest BCUT2D eigenvalue weighted by Crippen LogP contribution is -2.23. The molecule has 0 saturated heterocycles. The summed E-state index contributed by atoms with van der Waals surface area (Å²) in [6.45, 7) is 0.987. The molecule has 1 aromatic heterocycles. The molecule has 2 rings (SSSR count). The molecule has 2 aromatic rings. The first-order valence-corrected chi connectivity index (χ1v) is 6.25. The van der Waals surface area contributed by atoms with Crippen molar-refractivity contribution in [2.45, 2.75) is 19.6 Å². The Labute approximate surface area is 129 Å². The monoisotopic (exact) mass is 355 g/mol. The Balaban J connectivity index is 2.38. The van der Waals surface area contributed by atoms with Crippen molar-refractivity contribution >= 4 is 11.6 Å². The van der Waals surface area contributed by atoms with E-state index in [-0.39, 0.29) is 0 Å². The number of rotatable bonds is 3. The molecule has 0 radical (unpaired) electrons. The molecule has 0 saturated carbocycles. The number of aryl methyl sites for hydroxylation is 1. The highest BCUT2D eigenvalue weighted by molar-refractivity contribution is 5.90. The van der Waals surface area contributed by atoms with Gasteiger partial charge in [0.2, 0.25) is 5.91 Å². The van der Waals surface area contributed by atoms with Gasteiger partial charge < -0.3 is 5.32 Å². The zero-order chi connectivity index (χ0) is 18.2. The first-order chi connectivity index (χ1) is 11.0. The summed E-state index contributed by atoms with van der Waals surface area (Å²) < 4.78 is 92.5. The van der Waals surface area contributed by atoms with Crippen LogP contribution in [0.3, 0.4) is 0 Å². The Morgan fingerprint density at radius 3 is 2.08 bits per heavy atom. The van der Waals surface area contributed by atoms with Crippen LogP contribution in [0.2, 0.25) is 0 Å². The van der Waals surface area contributed by atoms with Crippen molar-refractivity contribution in [3.63, 3.8) is 0 Å². The van der Waals surface area contributed by atoms with Crippen LogP contribution in [-0.4, -0.2) is 15.7 Å². The molecule has 0 spiro atoms. The van der Waals surface area contributed by atoms with Crippen molar-refractivity contribution < 1.29 is 35.5 Å². The molecule has 4 nitrogen and oxygen atoms in total. The third-order valence-corrected chi connectivity index (χ3v) is 3.03. The lowest BCUT2D eigenvalue weighted by atomic mass is 10.1. The van der Waals surface area contributed by atoms with Gasteiger partial charge >= 0.3 is 6.18 Å². The van der Waals surface area contributed by atoms with E-state index in [4.69, 9.17) is 0 Å². The Hall–Kier alpha value is -2.59. The summed E-state index contributed by atoms with van der Waals surface area (Å²) in [6.07, 6.45) is -4.33. The van der Waals surface area contributed by atoms with Crippen LogP contribution in [0, 0.1) is 30.2 Å². The molecule has 1 amide bonds. The minimum absolute atomic E-state index is 0.496. The Kier molecular flexibility index (Phi) is 4.54. The first kappa shape index (κ1) is 17.8. The van der Waals surface area contributed by atoms with E-state index >= 15 is 0 Å². The van der Waals surface area contributed by atoms with Crippen LogP contribution in [0.1, 0.15) is 11.3 Å². The molecule has 0 aliphatic rings. The van der Waals surface area contributed by atoms with Crippen LogP contribution in [0.5, 0.6) is 0 Å². The van der Waals surface area contributed by atoms with Gasteiger partial charge in [-0.1, -0.05) is 0 Å². The van der Waals surface area contributed by atoms with Crippen molar-refractivity contribution in [2.24, 2.45) is 0 Å². The summed E-state index contributed by atoms with van der Waals surface area (Å²) in [5.74, 6) is -11.1. The Morgan fingerprint density at radius 1 is 1.12 bits per heavy atom. The maximum absolute atomic E-state index is 13.6. The summed E-state index contributed by atoms with van der Waals surface area (Å²) in [7, 11) is 0. The van der Waals surface area contributed by atoms with Crippen molar-refractivity contribution in [3.05, 3.63) is 46.8 Å². The number of nitrogens with zero attached hydrogens (tertiary/aromatic N) is 2. The molecule has 24 heavy (non-hydrogen) atoms. The lowest BCUT2D eigenvalue weighted by Gasteiger charge is -2.14. The average molecular weight is 355 g/mol. The molecule has 1 N–H and O–H groups in total. The maximum Gasteiger partial charge on any atom is 0.422 e. The lowest BCUT2D eigenvalue weighted by molar-refractivity contribution is -0.143. The topological polar surface area (TPSA) is 46.9 Å². The molecular weight excluding hydrogens is 347 g/mol. The van der Waals surface area contributed by atoms with Crippen LogP contribution < -0.4 is 5.32 Å². The number of benzene rings is 1. The Morgan fingerprint density at radius 2 is 1.67 bits per heavy atom. The highest BCUT2D eigenvalue weighted by atomic mass is 19.4. The van der Waals surface area contributed by atoms with Crippen molar-refractivity contribution in [1.82, 2.24) is 9.78 Å². The molecule has 0 aliphatic heterocycles. The zero-order valence-electron chi connectivity index (χ0n) is 11.8. The standard InChI is InChI=1S/C13H8F7N3O/c1-5-2-3-21-23(5)4-6(24)22-12-10(16)8(14)7(13(18,19)20)9(15)11(12)17/h2-3H,4H2,1H3,(H,22,24). The molecule has 0 unspecified atom stereocenters. The molecule has 11 heteroatoms. The van der Waals surface area contributed by atoms with Crippen LogP contribution in [0.15, 0.2) is 12.3 Å². The van der Waals surface area contributed by atoms with Gasteiger partial charge in [0.05, 0.1) is 0 Å². The van der Waals surface area contributed by atoms with E-state index in [1.54, 1.807) is 6.92 Å². The van der Waals surface area contributed by atoms with Gasteiger partial charge in [-0.25, -0.2) is 17.6 Å². The predicted molar refractivity (Wildman–Crippen MR) is 66.9 cm³/mol. The van der Waals surface area contributed by atoms with Gasteiger partial charge in [-0.3, -0.25) is 9.48 Å². The van der Waals surface area contributed by atoms with Gasteiger partial charge in [0.1, 0.15) is 17.8 Å². The number of hydrogen-bond donors (Lipinski definition) is 1. The summed E-state index contributed by atoms with van der Waals surface area (Å²) >= 11 is 0. The number of nitrogens with one attached hydrogen (secondary N) is 1. The van der Waals surface area contributed by atoms with Crippen molar-refractivity contribution in [2.75, 3.05) is 5.32 Å². The molecule has 0 atom stereocenters. The summed E-state index contributed by atoms with van der Waals surface area (Å²) in [6, 6.07) is 1.51. The second-order valence-electron chi connectivity index (χ2n) is 4.68. The van der Waals surface area contributed by atoms with Gasteiger partial charge in [0.25, 0.3) is 0 Å². The number of aromatic nitrogens is 2. The van der Waals surface area contributed by atoms with Crippen LogP contribution >= 0.6 is 0 Å². The van der Waals surface area contributed by atoms with Crippen LogP contribution in [0.25, 0.3) is 0 Å². The molecule has 0 aliphatic carbocycles. The van der Waals surface area contributed by atoms with Gasteiger partial charge in [-0.15, -0.1) is 0 Å². The maximum atomic E-state index is 13.6. The van der Waals surface area contributed by atoms with Gasteiger partial charge in [0, 0.05) is 11.9 Å². The number of halogens is 7. The summed E-state index contributed by atoms with van der Waals surface area (Å²) in [5, 5.41) is 5.20. The fourth-order valence-corrected chi connectivity index (χ4v) is 1.87. The third-order valence-electron chi connectivity index (χ3n) is 3.03. The van der Waals surface area contributed by atoms with E-state index in [2.05, 4.69) is 5.10 Å². The number of hydrogen-bond acceptors (Lipinski definition) is 2. The highest BCUT2D eigenvalue weighted by Gasteiger charge is 2.42. The van der Waals surface area contributed by atoms with Crippen molar-refractivity contribution in [3.8, 4) is 0 Å². The van der Waals surface area contributed by atoms with Crippen LogP contribution in [-0.2, 0) is 17.5 Å². The Bertz CT molecular complexity index is 769. The minimum atomic E-state index is -5.65. The van der Waals surface area contributed by atoms with Gasteiger partial charge in [-0.05, 0) is 13.0 Å². The average Bonchev–Trinajstić information content (AvgIpc) is 2.85. The molecule has 1 aromatic carbocycles. The van der Waals surface area contributed by atoms with E-state index in [0.29, 0.717) is 5.69 Å². The second-order valence-corrected chi connectivity index (χ2v) is 4.68. The van der Waals surface area contributed by atoms with E-state index in [0.717, 1.165) is 4.68 Å². The molecular formula is C13H8F7N3O. The van der Waals surface area contributed by atoms with Gasteiger partial charge in [0.15, 0.2) is 23.3 Å². The van der Waals surface area contributed by atoms with Gasteiger partial charge in [-0.2, -0.15) is 18.3 Å². The normalized spacial score (nSPS) is 11.7. The quantitative estimate of drug-likeness (QED) is 0.678. The second kappa shape index (κ2) is 6.13. The van der Waals surface area contributed by atoms with E-state index < -0.39 is 53.1 Å². The minimum Gasteiger partial charge on any atom is -0.319 e. The molecule has 1 heterocycles. The van der Waals surface area contributed by atoms with Crippen molar-refractivity contribution in [1.29, 1.82) is 0 Å². The van der Waals surface area contributed by atoms with E-state index in [9.17, 15) is 35.5 Å².